The second kappa shape index (κ2) is 8.07. The first kappa shape index (κ1) is 20.7. The summed E-state index contributed by atoms with van der Waals surface area (Å²) in [5.41, 5.74) is 3.27. The molecule has 0 bridgehead atoms. The fraction of sp³-hybridized carbons (Fsp3) is 0.304. The van der Waals surface area contributed by atoms with Crippen molar-refractivity contribution in [3.63, 3.8) is 0 Å². The Kier molecular flexibility index (Phi) is 5.22. The van der Waals surface area contributed by atoms with Gasteiger partial charge < -0.3 is 15.5 Å². The lowest BCUT2D eigenvalue weighted by Crippen LogP contribution is -2.54. The van der Waals surface area contributed by atoms with E-state index in [-0.39, 0.29) is 5.91 Å². The standard InChI is InChI=1S/C23H23FN6OS/c1-12-10-30(11-13(2)27-12)18-5-4-16(20-22(18)26-7-6-25-20)23(31)29-15-8-17(24)21-19(9-15)32-14(3)28-21/h4-9,12-13,27H,10-11H2,1-3H3,(H,29,31)/t12-,13-/m0/s1. The van der Waals surface area contributed by atoms with E-state index in [1.165, 1.54) is 17.4 Å². The van der Waals surface area contributed by atoms with E-state index < -0.39 is 5.82 Å². The van der Waals surface area contributed by atoms with Gasteiger partial charge in [-0.2, -0.15) is 0 Å². The minimum atomic E-state index is -0.455. The molecule has 3 heterocycles. The molecule has 2 aromatic heterocycles. The van der Waals surface area contributed by atoms with Crippen LogP contribution in [0.3, 0.4) is 0 Å². The summed E-state index contributed by atoms with van der Waals surface area (Å²) in [6.45, 7) is 7.82. The lowest BCUT2D eigenvalue weighted by atomic mass is 10.1. The third-order valence-electron chi connectivity index (χ3n) is 5.56. The number of anilines is 2. The van der Waals surface area contributed by atoms with E-state index in [0.717, 1.165) is 23.8 Å². The van der Waals surface area contributed by atoms with Crippen LogP contribution in [-0.2, 0) is 0 Å². The van der Waals surface area contributed by atoms with Crippen LogP contribution in [0, 0.1) is 12.7 Å². The summed E-state index contributed by atoms with van der Waals surface area (Å²) < 4.78 is 15.1. The van der Waals surface area contributed by atoms with Gasteiger partial charge in [-0.3, -0.25) is 14.8 Å². The number of aromatic nitrogens is 3. The predicted octanol–water partition coefficient (Wildman–Crippen LogP) is 4.13. The highest BCUT2D eigenvalue weighted by atomic mass is 32.1. The number of hydrogen-bond acceptors (Lipinski definition) is 7. The molecule has 2 N–H and O–H groups in total. The third-order valence-corrected chi connectivity index (χ3v) is 6.48. The molecule has 2 aromatic carbocycles. The summed E-state index contributed by atoms with van der Waals surface area (Å²) in [5, 5.41) is 7.11. The van der Waals surface area contributed by atoms with Crippen LogP contribution < -0.4 is 15.5 Å². The number of carbonyl (C=O) groups excluding carboxylic acids is 1. The normalized spacial score (nSPS) is 18.9. The van der Waals surface area contributed by atoms with Gasteiger partial charge in [-0.1, -0.05) is 0 Å². The molecule has 0 unspecified atom stereocenters. The van der Waals surface area contributed by atoms with Crippen molar-refractivity contribution in [2.24, 2.45) is 0 Å². The first-order valence-corrected chi connectivity index (χ1v) is 11.3. The van der Waals surface area contributed by atoms with Crippen molar-refractivity contribution >= 4 is 49.9 Å². The second-order valence-corrected chi connectivity index (χ2v) is 9.49. The predicted molar refractivity (Wildman–Crippen MR) is 126 cm³/mol. The molecular weight excluding hydrogens is 427 g/mol. The van der Waals surface area contributed by atoms with Crippen LogP contribution in [0.1, 0.15) is 29.2 Å². The number of thiazole rings is 1. The molecule has 0 saturated carbocycles. The van der Waals surface area contributed by atoms with Crippen LogP contribution in [0.5, 0.6) is 0 Å². The first-order chi connectivity index (χ1) is 15.4. The van der Waals surface area contributed by atoms with Crippen molar-refractivity contribution in [2.45, 2.75) is 32.9 Å². The number of aryl methyl sites for hydroxylation is 1. The number of rotatable bonds is 3. The van der Waals surface area contributed by atoms with Crippen LogP contribution >= 0.6 is 11.3 Å². The van der Waals surface area contributed by atoms with Crippen molar-refractivity contribution in [1.82, 2.24) is 20.3 Å². The minimum Gasteiger partial charge on any atom is -0.367 e. The second-order valence-electron chi connectivity index (χ2n) is 8.25. The molecule has 0 spiro atoms. The van der Waals surface area contributed by atoms with Crippen molar-refractivity contribution in [1.29, 1.82) is 0 Å². The van der Waals surface area contributed by atoms with Crippen molar-refractivity contribution in [2.75, 3.05) is 23.3 Å². The largest absolute Gasteiger partial charge is 0.367 e. The van der Waals surface area contributed by atoms with Gasteiger partial charge in [-0.15, -0.1) is 11.3 Å². The average Bonchev–Trinajstić information content (AvgIpc) is 3.13. The van der Waals surface area contributed by atoms with Gasteiger partial charge in [0.1, 0.15) is 16.6 Å². The summed E-state index contributed by atoms with van der Waals surface area (Å²) in [5.74, 6) is -0.812. The van der Waals surface area contributed by atoms with Crippen molar-refractivity contribution in [3.8, 4) is 0 Å². The van der Waals surface area contributed by atoms with E-state index in [1.54, 1.807) is 24.5 Å². The number of piperazine rings is 1. The Morgan fingerprint density at radius 2 is 1.84 bits per heavy atom. The van der Waals surface area contributed by atoms with Crippen LogP contribution in [0.2, 0.25) is 0 Å². The highest BCUT2D eigenvalue weighted by Crippen LogP contribution is 2.30. The van der Waals surface area contributed by atoms with Crippen LogP contribution in [-0.4, -0.2) is 46.0 Å². The van der Waals surface area contributed by atoms with Gasteiger partial charge in [-0.25, -0.2) is 9.37 Å². The van der Waals surface area contributed by atoms with E-state index >= 15 is 0 Å². The number of amides is 1. The van der Waals surface area contributed by atoms with E-state index in [4.69, 9.17) is 0 Å². The number of halogens is 1. The van der Waals surface area contributed by atoms with E-state index in [9.17, 15) is 9.18 Å². The molecule has 164 valence electrons. The van der Waals surface area contributed by atoms with Gasteiger partial charge in [0.25, 0.3) is 5.91 Å². The fourth-order valence-corrected chi connectivity index (χ4v) is 5.26. The Hall–Kier alpha value is -3.17. The average molecular weight is 451 g/mol. The van der Waals surface area contributed by atoms with Crippen molar-refractivity contribution < 1.29 is 9.18 Å². The number of nitrogens with zero attached hydrogens (tertiary/aromatic N) is 4. The molecule has 2 atom stereocenters. The summed E-state index contributed by atoms with van der Waals surface area (Å²) in [6.07, 6.45) is 3.22. The smallest absolute Gasteiger partial charge is 0.257 e. The molecule has 1 aliphatic heterocycles. The molecule has 7 nitrogen and oxygen atoms in total. The molecule has 9 heteroatoms. The third kappa shape index (κ3) is 3.78. The van der Waals surface area contributed by atoms with Gasteiger partial charge in [0.15, 0.2) is 5.82 Å². The Morgan fingerprint density at radius 3 is 2.59 bits per heavy atom. The fourth-order valence-electron chi connectivity index (χ4n) is 4.37. The lowest BCUT2D eigenvalue weighted by molar-refractivity contribution is 0.102. The number of hydrogen-bond donors (Lipinski definition) is 2. The Morgan fingerprint density at radius 1 is 1.12 bits per heavy atom. The van der Waals surface area contributed by atoms with Gasteiger partial charge in [0, 0.05) is 43.3 Å². The van der Waals surface area contributed by atoms with Gasteiger partial charge in [0.2, 0.25) is 0 Å². The molecule has 1 aliphatic rings. The number of carbonyl (C=O) groups is 1. The van der Waals surface area contributed by atoms with Gasteiger partial charge >= 0.3 is 0 Å². The molecule has 1 amide bonds. The lowest BCUT2D eigenvalue weighted by Gasteiger charge is -2.38. The van der Waals surface area contributed by atoms with Crippen molar-refractivity contribution in [3.05, 3.63) is 53.0 Å². The van der Waals surface area contributed by atoms with Crippen LogP contribution in [0.25, 0.3) is 21.3 Å². The molecule has 0 radical (unpaired) electrons. The zero-order valence-corrected chi connectivity index (χ0v) is 18.8. The minimum absolute atomic E-state index is 0.325. The summed E-state index contributed by atoms with van der Waals surface area (Å²) in [4.78, 5) is 28.6. The molecule has 1 fully saturated rings. The number of benzene rings is 2. The van der Waals surface area contributed by atoms with Gasteiger partial charge in [0.05, 0.1) is 21.0 Å². The quantitative estimate of drug-likeness (QED) is 0.489. The zero-order valence-electron chi connectivity index (χ0n) is 18.0. The summed E-state index contributed by atoms with van der Waals surface area (Å²) in [6, 6.07) is 7.41. The van der Waals surface area contributed by atoms with E-state index in [0.29, 0.717) is 44.6 Å². The highest BCUT2D eigenvalue weighted by Gasteiger charge is 2.24. The Labute approximate surface area is 188 Å². The summed E-state index contributed by atoms with van der Waals surface area (Å²) >= 11 is 1.39. The number of nitrogens with one attached hydrogen (secondary N) is 2. The van der Waals surface area contributed by atoms with E-state index in [1.807, 2.05) is 13.0 Å². The van der Waals surface area contributed by atoms with Gasteiger partial charge in [-0.05, 0) is 45.0 Å². The molecule has 4 aromatic rings. The topological polar surface area (TPSA) is 83.0 Å². The maximum absolute atomic E-state index is 14.4. The van der Waals surface area contributed by atoms with Crippen LogP contribution in [0.15, 0.2) is 36.7 Å². The zero-order chi connectivity index (χ0) is 22.4. The monoisotopic (exact) mass is 450 g/mol. The Balaban J connectivity index is 1.50. The SMILES string of the molecule is Cc1nc2c(F)cc(NC(=O)c3ccc(N4C[C@H](C)N[C@@H](C)C4)c4nccnc34)cc2s1. The highest BCUT2D eigenvalue weighted by molar-refractivity contribution is 7.18. The number of fused-ring (bicyclic) bond motifs is 2. The molecular formula is C23H23FN6OS. The molecule has 0 aliphatic carbocycles. The van der Waals surface area contributed by atoms with Crippen LogP contribution in [0.4, 0.5) is 15.8 Å². The van der Waals surface area contributed by atoms with E-state index in [2.05, 4.69) is 44.3 Å². The molecule has 5 rings (SSSR count). The molecule has 1 saturated heterocycles. The first-order valence-electron chi connectivity index (χ1n) is 10.5. The Bertz CT molecular complexity index is 1330. The maximum Gasteiger partial charge on any atom is 0.257 e. The summed E-state index contributed by atoms with van der Waals surface area (Å²) in [7, 11) is 0. The maximum atomic E-state index is 14.4. The molecule has 32 heavy (non-hydrogen) atoms.